The Labute approximate surface area is 126 Å². The average Bonchev–Trinajstić information content (AvgIpc) is 2.41. The lowest BCUT2D eigenvalue weighted by atomic mass is 10.1. The fourth-order valence-corrected chi connectivity index (χ4v) is 1.11. The van der Waals surface area contributed by atoms with E-state index >= 15 is 0 Å². The van der Waals surface area contributed by atoms with E-state index in [2.05, 4.69) is 6.92 Å². The zero-order chi connectivity index (χ0) is 17.1. The molecule has 0 amide bonds. The molecule has 0 aromatic heterocycles. The smallest absolute Gasteiger partial charge is 0.303 e. The van der Waals surface area contributed by atoms with Crippen molar-refractivity contribution >= 4 is 11.9 Å². The van der Waals surface area contributed by atoms with Crippen molar-refractivity contribution in [1.82, 2.24) is 0 Å². The standard InChI is InChI=1S/C9H18O2.C3H8O3.C2H4O2/c1-2-3-4-5-6-7-8-9(10)11;4-1-3(6)2-5;1-2(3)4/h2-8H2,1H3,(H,10,11);3-6H,1-2H2;1H3,(H,3,4). The van der Waals surface area contributed by atoms with Crippen molar-refractivity contribution in [2.24, 2.45) is 0 Å². The second kappa shape index (κ2) is 21.1. The van der Waals surface area contributed by atoms with Gasteiger partial charge in [0.25, 0.3) is 5.97 Å². The van der Waals surface area contributed by atoms with Crippen LogP contribution >= 0.6 is 0 Å². The summed E-state index contributed by atoms with van der Waals surface area (Å²) in [4.78, 5) is 19.1. The highest BCUT2D eigenvalue weighted by Gasteiger charge is 1.95. The van der Waals surface area contributed by atoms with Crippen molar-refractivity contribution in [3.8, 4) is 0 Å². The molecule has 0 aromatic rings. The van der Waals surface area contributed by atoms with Crippen LogP contribution in [0.25, 0.3) is 0 Å². The first-order valence-electron chi connectivity index (χ1n) is 7.12. The van der Waals surface area contributed by atoms with Gasteiger partial charge in [0.2, 0.25) is 0 Å². The van der Waals surface area contributed by atoms with Crippen molar-refractivity contribution in [3.05, 3.63) is 0 Å². The lowest BCUT2D eigenvalue weighted by molar-refractivity contribution is -0.137. The summed E-state index contributed by atoms with van der Waals surface area (Å²) < 4.78 is 0. The molecule has 0 atom stereocenters. The minimum Gasteiger partial charge on any atom is -0.481 e. The second-order valence-electron chi connectivity index (χ2n) is 4.45. The molecule has 5 N–H and O–H groups in total. The van der Waals surface area contributed by atoms with E-state index in [0.717, 1.165) is 19.8 Å². The Kier molecular flexibility index (Phi) is 25.0. The molecule has 0 aliphatic heterocycles. The van der Waals surface area contributed by atoms with Gasteiger partial charge in [-0.1, -0.05) is 39.0 Å². The molecule has 0 fully saturated rings. The summed E-state index contributed by atoms with van der Waals surface area (Å²) in [6.07, 6.45) is 6.30. The Balaban J connectivity index is -0.000000272. The number of carboxylic acid groups (broad SMARTS) is 2. The van der Waals surface area contributed by atoms with Crippen molar-refractivity contribution in [3.63, 3.8) is 0 Å². The molecule has 0 unspecified atom stereocenters. The third-order valence-electron chi connectivity index (χ3n) is 2.17. The number of aliphatic hydroxyl groups is 3. The highest BCUT2D eigenvalue weighted by molar-refractivity contribution is 5.66. The third-order valence-corrected chi connectivity index (χ3v) is 2.17. The number of aliphatic carboxylic acids is 2. The van der Waals surface area contributed by atoms with E-state index in [-0.39, 0.29) is 13.2 Å². The monoisotopic (exact) mass is 310 g/mol. The zero-order valence-corrected chi connectivity index (χ0v) is 13.0. The second-order valence-corrected chi connectivity index (χ2v) is 4.45. The Morgan fingerprint density at radius 1 is 0.905 bits per heavy atom. The van der Waals surface area contributed by atoms with E-state index in [1.165, 1.54) is 25.7 Å². The number of unbranched alkanes of at least 4 members (excludes halogenated alkanes) is 5. The van der Waals surface area contributed by atoms with Crippen molar-refractivity contribution in [1.29, 1.82) is 0 Å². The van der Waals surface area contributed by atoms with Gasteiger partial charge >= 0.3 is 5.97 Å². The maximum atomic E-state index is 10.1. The molecular weight excluding hydrogens is 280 g/mol. The Bertz CT molecular complexity index is 223. The van der Waals surface area contributed by atoms with Gasteiger partial charge in [-0.2, -0.15) is 0 Å². The molecule has 0 saturated carbocycles. The number of carbonyl (C=O) groups is 2. The Morgan fingerprint density at radius 3 is 1.57 bits per heavy atom. The molecule has 7 heteroatoms. The minimum atomic E-state index is -0.954. The lowest BCUT2D eigenvalue weighted by Gasteiger charge is -1.97. The van der Waals surface area contributed by atoms with Crippen LogP contribution in [0.1, 0.15) is 58.8 Å². The summed E-state index contributed by atoms with van der Waals surface area (Å²) in [5.74, 6) is -1.50. The molecule has 0 aliphatic carbocycles. The molecule has 128 valence electrons. The summed E-state index contributed by atoms with van der Waals surface area (Å²) in [5, 5.41) is 39.7. The lowest BCUT2D eigenvalue weighted by Crippen LogP contribution is -2.15. The summed E-state index contributed by atoms with van der Waals surface area (Å²) in [5.41, 5.74) is 0. The van der Waals surface area contributed by atoms with Crippen molar-refractivity contribution in [2.45, 2.75) is 64.9 Å². The Morgan fingerprint density at radius 2 is 1.29 bits per heavy atom. The molecule has 0 rings (SSSR count). The van der Waals surface area contributed by atoms with Crippen LogP contribution in [0.2, 0.25) is 0 Å². The quantitative estimate of drug-likeness (QED) is 0.404. The largest absolute Gasteiger partial charge is 0.481 e. The van der Waals surface area contributed by atoms with Gasteiger partial charge in [0, 0.05) is 13.3 Å². The van der Waals surface area contributed by atoms with Crippen molar-refractivity contribution in [2.75, 3.05) is 13.2 Å². The van der Waals surface area contributed by atoms with Crippen LogP contribution in [0, 0.1) is 0 Å². The van der Waals surface area contributed by atoms with Crippen LogP contribution in [-0.4, -0.2) is 56.8 Å². The molecule has 0 saturated heterocycles. The van der Waals surface area contributed by atoms with Crippen LogP contribution in [-0.2, 0) is 9.59 Å². The summed E-state index contributed by atoms with van der Waals surface area (Å²) in [6, 6.07) is 0. The first-order chi connectivity index (χ1) is 9.81. The fraction of sp³-hybridized carbons (Fsp3) is 0.857. The van der Waals surface area contributed by atoms with Gasteiger partial charge in [0.1, 0.15) is 6.10 Å². The van der Waals surface area contributed by atoms with Gasteiger partial charge in [-0.25, -0.2) is 0 Å². The van der Waals surface area contributed by atoms with Gasteiger partial charge in [-0.05, 0) is 6.42 Å². The molecule has 0 radical (unpaired) electrons. The average molecular weight is 310 g/mol. The highest BCUT2D eigenvalue weighted by atomic mass is 16.4. The molecule has 0 aromatic carbocycles. The van der Waals surface area contributed by atoms with E-state index in [0.29, 0.717) is 6.42 Å². The van der Waals surface area contributed by atoms with E-state index in [1.54, 1.807) is 0 Å². The fourth-order valence-electron chi connectivity index (χ4n) is 1.11. The third kappa shape index (κ3) is 45.5. The minimum absolute atomic E-state index is 0.339. The van der Waals surface area contributed by atoms with E-state index in [9.17, 15) is 4.79 Å². The number of aliphatic hydroxyl groups excluding tert-OH is 3. The van der Waals surface area contributed by atoms with Gasteiger partial charge in [-0.15, -0.1) is 0 Å². The SMILES string of the molecule is CC(=O)O.CCCCCCCCC(=O)O.OCC(O)CO. The van der Waals surface area contributed by atoms with Crippen LogP contribution in [0.3, 0.4) is 0 Å². The van der Waals surface area contributed by atoms with Crippen LogP contribution in [0.15, 0.2) is 0 Å². The maximum Gasteiger partial charge on any atom is 0.303 e. The molecular formula is C14H30O7. The molecule has 0 aliphatic rings. The first-order valence-corrected chi connectivity index (χ1v) is 7.12. The van der Waals surface area contributed by atoms with Gasteiger partial charge in [0.15, 0.2) is 0 Å². The molecule has 21 heavy (non-hydrogen) atoms. The van der Waals surface area contributed by atoms with Crippen molar-refractivity contribution < 1.29 is 35.1 Å². The molecule has 0 spiro atoms. The topological polar surface area (TPSA) is 135 Å². The van der Waals surface area contributed by atoms with E-state index in [1.807, 2.05) is 0 Å². The zero-order valence-electron chi connectivity index (χ0n) is 13.0. The summed E-state index contributed by atoms with van der Waals surface area (Å²) in [6.45, 7) is 2.53. The molecule has 7 nitrogen and oxygen atoms in total. The van der Waals surface area contributed by atoms with E-state index in [4.69, 9.17) is 30.3 Å². The normalized spacial score (nSPS) is 9.24. The Hall–Kier alpha value is -1.18. The number of rotatable bonds is 9. The van der Waals surface area contributed by atoms with E-state index < -0.39 is 18.0 Å². The highest BCUT2D eigenvalue weighted by Crippen LogP contribution is 2.06. The number of hydrogen-bond acceptors (Lipinski definition) is 5. The van der Waals surface area contributed by atoms with Crippen LogP contribution < -0.4 is 0 Å². The van der Waals surface area contributed by atoms with Gasteiger partial charge < -0.3 is 25.5 Å². The van der Waals surface area contributed by atoms with Crippen LogP contribution in [0.4, 0.5) is 0 Å². The van der Waals surface area contributed by atoms with Gasteiger partial charge in [0.05, 0.1) is 13.2 Å². The number of carboxylic acids is 2. The maximum absolute atomic E-state index is 10.1. The molecule has 0 bridgehead atoms. The first kappa shape index (κ1) is 24.8. The van der Waals surface area contributed by atoms with Crippen LogP contribution in [0.5, 0.6) is 0 Å². The predicted octanol–water partition coefficient (Wildman–Crippen LogP) is 1.24. The predicted molar refractivity (Wildman–Crippen MR) is 79.1 cm³/mol. The summed E-state index contributed by atoms with van der Waals surface area (Å²) >= 11 is 0. The summed E-state index contributed by atoms with van der Waals surface area (Å²) in [7, 11) is 0. The van der Waals surface area contributed by atoms with Gasteiger partial charge in [-0.3, -0.25) is 9.59 Å². The molecule has 0 heterocycles. The number of hydrogen-bond donors (Lipinski definition) is 5.